The molecule has 1 unspecified atom stereocenters. The van der Waals surface area contributed by atoms with Gasteiger partial charge in [0.05, 0.1) is 11.8 Å². The van der Waals surface area contributed by atoms with Crippen LogP contribution in [-0.4, -0.2) is 10.1 Å². The van der Waals surface area contributed by atoms with Crippen LogP contribution in [0.15, 0.2) is 24.9 Å². The van der Waals surface area contributed by atoms with Crippen LogP contribution in [-0.2, 0) is 0 Å². The molecule has 11 heavy (non-hydrogen) atoms. The van der Waals surface area contributed by atoms with E-state index in [2.05, 4.69) is 11.6 Å². The lowest BCUT2D eigenvalue weighted by atomic mass is 10.1. The minimum absolute atomic E-state index is 0.524. The largest absolute Gasteiger partial charge is 0.387 e. The number of nitrogens with zero attached hydrogens (tertiary/aromatic N) is 1. The lowest BCUT2D eigenvalue weighted by Gasteiger charge is -2.05. The third kappa shape index (κ3) is 1.65. The van der Waals surface area contributed by atoms with Crippen LogP contribution >= 0.6 is 0 Å². The van der Waals surface area contributed by atoms with Crippen molar-refractivity contribution in [2.45, 2.75) is 13.0 Å². The summed E-state index contributed by atoms with van der Waals surface area (Å²) in [7, 11) is 0. The van der Waals surface area contributed by atoms with Crippen molar-refractivity contribution in [2.75, 3.05) is 0 Å². The average Bonchev–Trinajstić information content (AvgIpc) is 2.04. The molecule has 0 saturated carbocycles. The van der Waals surface area contributed by atoms with Crippen molar-refractivity contribution in [1.82, 2.24) is 4.98 Å². The van der Waals surface area contributed by atoms with E-state index in [0.717, 1.165) is 5.56 Å². The molecular weight excluding hydrogens is 138 g/mol. The van der Waals surface area contributed by atoms with E-state index >= 15 is 0 Å². The second-order valence-electron chi connectivity index (χ2n) is 2.36. The van der Waals surface area contributed by atoms with Gasteiger partial charge < -0.3 is 5.11 Å². The van der Waals surface area contributed by atoms with E-state index in [-0.39, 0.29) is 0 Å². The molecule has 0 radical (unpaired) electrons. The molecule has 1 heterocycles. The number of aliphatic hydroxyl groups is 1. The number of aliphatic hydroxyl groups excluding tert-OH is 1. The summed E-state index contributed by atoms with van der Waals surface area (Å²) in [5, 5.41) is 9.23. The Bertz CT molecular complexity index is 255. The number of rotatable bonds is 2. The van der Waals surface area contributed by atoms with Gasteiger partial charge >= 0.3 is 0 Å². The van der Waals surface area contributed by atoms with Gasteiger partial charge in [-0.1, -0.05) is 18.7 Å². The van der Waals surface area contributed by atoms with Gasteiger partial charge in [0.25, 0.3) is 0 Å². The lowest BCUT2D eigenvalue weighted by molar-refractivity contribution is 0.194. The van der Waals surface area contributed by atoms with Crippen molar-refractivity contribution in [3.63, 3.8) is 0 Å². The summed E-state index contributed by atoms with van der Waals surface area (Å²) in [6, 6.07) is 3.70. The number of hydrogen-bond donors (Lipinski definition) is 1. The maximum absolute atomic E-state index is 9.23. The molecule has 0 bridgehead atoms. The Kier molecular flexibility index (Phi) is 2.39. The quantitative estimate of drug-likeness (QED) is 0.695. The zero-order valence-electron chi connectivity index (χ0n) is 6.49. The summed E-state index contributed by atoms with van der Waals surface area (Å²) >= 11 is 0. The standard InChI is InChI=1S/C9H11NO/c1-3-8-5-4-6-10-9(8)7(2)11/h3-7,11H,1H2,2H3. The SMILES string of the molecule is C=Cc1cccnc1C(C)O. The number of hydrogen-bond acceptors (Lipinski definition) is 2. The van der Waals surface area contributed by atoms with Crippen molar-refractivity contribution >= 4 is 6.08 Å². The molecule has 1 N–H and O–H groups in total. The zero-order chi connectivity index (χ0) is 8.27. The molecule has 2 heteroatoms. The molecule has 0 saturated heterocycles. The summed E-state index contributed by atoms with van der Waals surface area (Å²) in [4.78, 5) is 4.03. The predicted octanol–water partition coefficient (Wildman–Crippen LogP) is 1.78. The van der Waals surface area contributed by atoms with Gasteiger partial charge in [-0.3, -0.25) is 4.98 Å². The van der Waals surface area contributed by atoms with Crippen LogP contribution in [0.25, 0.3) is 6.08 Å². The summed E-state index contributed by atoms with van der Waals surface area (Å²) in [6.45, 7) is 5.31. The van der Waals surface area contributed by atoms with Crippen molar-refractivity contribution in [1.29, 1.82) is 0 Å². The van der Waals surface area contributed by atoms with Crippen molar-refractivity contribution in [2.24, 2.45) is 0 Å². The maximum atomic E-state index is 9.23. The van der Waals surface area contributed by atoms with Crippen LogP contribution in [0.3, 0.4) is 0 Å². The zero-order valence-corrected chi connectivity index (χ0v) is 6.49. The van der Waals surface area contributed by atoms with Crippen LogP contribution in [0.1, 0.15) is 24.3 Å². The molecular formula is C9H11NO. The molecule has 0 aromatic carbocycles. The van der Waals surface area contributed by atoms with Crippen molar-refractivity contribution in [3.8, 4) is 0 Å². The predicted molar refractivity (Wildman–Crippen MR) is 45.0 cm³/mol. The smallest absolute Gasteiger partial charge is 0.0937 e. The van der Waals surface area contributed by atoms with Gasteiger partial charge in [0.2, 0.25) is 0 Å². The van der Waals surface area contributed by atoms with Crippen LogP contribution in [0, 0.1) is 0 Å². The summed E-state index contributed by atoms with van der Waals surface area (Å²) in [5.41, 5.74) is 1.57. The Morgan fingerprint density at radius 3 is 2.91 bits per heavy atom. The number of aromatic nitrogens is 1. The molecule has 1 aromatic heterocycles. The fraction of sp³-hybridized carbons (Fsp3) is 0.222. The van der Waals surface area contributed by atoms with Gasteiger partial charge in [0, 0.05) is 6.20 Å². The first-order valence-corrected chi connectivity index (χ1v) is 3.51. The van der Waals surface area contributed by atoms with Gasteiger partial charge in [-0.25, -0.2) is 0 Å². The molecule has 1 rings (SSSR count). The molecule has 1 atom stereocenters. The highest BCUT2D eigenvalue weighted by atomic mass is 16.3. The van der Waals surface area contributed by atoms with E-state index in [1.165, 1.54) is 0 Å². The van der Waals surface area contributed by atoms with Gasteiger partial charge in [-0.05, 0) is 18.6 Å². The fourth-order valence-corrected chi connectivity index (χ4v) is 0.952. The molecule has 0 aliphatic heterocycles. The van der Waals surface area contributed by atoms with Gasteiger partial charge in [-0.2, -0.15) is 0 Å². The van der Waals surface area contributed by atoms with Crippen LogP contribution in [0.5, 0.6) is 0 Å². The van der Waals surface area contributed by atoms with E-state index in [0.29, 0.717) is 5.69 Å². The van der Waals surface area contributed by atoms with Crippen molar-refractivity contribution in [3.05, 3.63) is 36.2 Å². The van der Waals surface area contributed by atoms with Gasteiger partial charge in [0.15, 0.2) is 0 Å². The van der Waals surface area contributed by atoms with Gasteiger partial charge in [-0.15, -0.1) is 0 Å². The Morgan fingerprint density at radius 1 is 1.73 bits per heavy atom. The van der Waals surface area contributed by atoms with Crippen LogP contribution in [0.4, 0.5) is 0 Å². The Morgan fingerprint density at radius 2 is 2.45 bits per heavy atom. The Labute approximate surface area is 66.2 Å². The second kappa shape index (κ2) is 3.30. The van der Waals surface area contributed by atoms with Gasteiger partial charge in [0.1, 0.15) is 0 Å². The molecule has 2 nitrogen and oxygen atoms in total. The Hall–Kier alpha value is -1.15. The summed E-state index contributed by atoms with van der Waals surface area (Å²) < 4.78 is 0. The molecule has 0 aliphatic rings. The summed E-state index contributed by atoms with van der Waals surface area (Å²) in [5.74, 6) is 0. The molecule has 0 amide bonds. The molecule has 0 spiro atoms. The van der Waals surface area contributed by atoms with E-state index in [4.69, 9.17) is 0 Å². The minimum Gasteiger partial charge on any atom is -0.387 e. The van der Waals surface area contributed by atoms with Crippen molar-refractivity contribution < 1.29 is 5.11 Å². The topological polar surface area (TPSA) is 33.1 Å². The first-order chi connectivity index (χ1) is 5.25. The molecule has 58 valence electrons. The highest BCUT2D eigenvalue weighted by Gasteiger charge is 2.04. The first kappa shape index (κ1) is 7.95. The highest BCUT2D eigenvalue weighted by Crippen LogP contribution is 2.14. The third-order valence-electron chi connectivity index (χ3n) is 1.49. The molecule has 1 aromatic rings. The first-order valence-electron chi connectivity index (χ1n) is 3.51. The third-order valence-corrected chi connectivity index (χ3v) is 1.49. The number of pyridine rings is 1. The normalized spacial score (nSPS) is 12.5. The fourth-order valence-electron chi connectivity index (χ4n) is 0.952. The van der Waals surface area contributed by atoms with E-state index < -0.39 is 6.10 Å². The van der Waals surface area contributed by atoms with E-state index in [1.54, 1.807) is 19.2 Å². The summed E-state index contributed by atoms with van der Waals surface area (Å²) in [6.07, 6.45) is 2.83. The van der Waals surface area contributed by atoms with E-state index in [1.807, 2.05) is 12.1 Å². The van der Waals surface area contributed by atoms with Crippen LogP contribution < -0.4 is 0 Å². The molecule has 0 fully saturated rings. The maximum Gasteiger partial charge on any atom is 0.0937 e. The lowest BCUT2D eigenvalue weighted by Crippen LogP contribution is -1.97. The Balaban J connectivity index is 3.12. The van der Waals surface area contributed by atoms with E-state index in [9.17, 15) is 5.11 Å². The van der Waals surface area contributed by atoms with Crippen LogP contribution in [0.2, 0.25) is 0 Å². The average molecular weight is 149 g/mol. The second-order valence-corrected chi connectivity index (χ2v) is 2.36. The highest BCUT2D eigenvalue weighted by molar-refractivity contribution is 5.49. The monoisotopic (exact) mass is 149 g/mol. The molecule has 0 aliphatic carbocycles. The minimum atomic E-state index is -0.524.